The molecule has 0 amide bonds. The number of esters is 2. The molecule has 0 spiro atoms. The Labute approximate surface area is 236 Å². The van der Waals surface area contributed by atoms with Crippen LogP contribution in [0, 0.1) is 40.9 Å². The number of rotatable bonds is 10. The van der Waals surface area contributed by atoms with Crippen LogP contribution in [0.5, 0.6) is 0 Å². The molecule has 4 heteroatoms. The summed E-state index contributed by atoms with van der Waals surface area (Å²) in [4.78, 5) is 28.4. The fourth-order valence-electron chi connectivity index (χ4n) is 7.84. The van der Waals surface area contributed by atoms with E-state index in [0.29, 0.717) is 12.8 Å². The summed E-state index contributed by atoms with van der Waals surface area (Å²) < 4.78 is 13.0. The molecular formula is C35H50O4. The van der Waals surface area contributed by atoms with Gasteiger partial charge in [0.05, 0.1) is 11.8 Å². The Morgan fingerprint density at radius 3 is 1.38 bits per heavy atom. The van der Waals surface area contributed by atoms with Crippen LogP contribution in [0.15, 0.2) is 59.8 Å². The number of hydrogen-bond acceptors (Lipinski definition) is 4. The Bertz CT molecular complexity index is 1020. The van der Waals surface area contributed by atoms with Gasteiger partial charge >= 0.3 is 11.9 Å². The zero-order valence-corrected chi connectivity index (χ0v) is 25.5. The van der Waals surface area contributed by atoms with Gasteiger partial charge < -0.3 is 9.47 Å². The van der Waals surface area contributed by atoms with E-state index in [0.717, 1.165) is 25.7 Å². The SMILES string of the molecule is CCC1=CC(CC)C(CC)(OC(=O)C2C(C(=O)OC3(CC)C=CC(CC)=CC3CC)C3C=CC2C3(C)C)C=C1. The molecule has 39 heavy (non-hydrogen) atoms. The van der Waals surface area contributed by atoms with Crippen molar-refractivity contribution in [2.45, 2.75) is 105 Å². The molecule has 0 saturated heterocycles. The molecule has 4 aliphatic rings. The average molecular weight is 535 g/mol. The zero-order chi connectivity index (χ0) is 28.6. The molecule has 2 bridgehead atoms. The fourth-order valence-corrected chi connectivity index (χ4v) is 7.84. The van der Waals surface area contributed by atoms with Gasteiger partial charge in [-0.3, -0.25) is 9.59 Å². The van der Waals surface area contributed by atoms with Gasteiger partial charge in [0.2, 0.25) is 0 Å². The van der Waals surface area contributed by atoms with Crippen molar-refractivity contribution >= 4 is 11.9 Å². The summed E-state index contributed by atoms with van der Waals surface area (Å²) in [6.45, 7) is 17.1. The second-order valence-corrected chi connectivity index (χ2v) is 12.7. The monoisotopic (exact) mass is 534 g/mol. The van der Waals surface area contributed by atoms with Gasteiger partial charge in [-0.25, -0.2) is 0 Å². The van der Waals surface area contributed by atoms with E-state index >= 15 is 0 Å². The van der Waals surface area contributed by atoms with E-state index in [9.17, 15) is 9.59 Å². The zero-order valence-electron chi connectivity index (χ0n) is 25.5. The van der Waals surface area contributed by atoms with Crippen LogP contribution in [0.4, 0.5) is 0 Å². The van der Waals surface area contributed by atoms with Crippen LogP contribution in [0.2, 0.25) is 0 Å². The van der Waals surface area contributed by atoms with Gasteiger partial charge in [0.25, 0.3) is 0 Å². The molecule has 0 aromatic carbocycles. The Morgan fingerprint density at radius 2 is 1.08 bits per heavy atom. The van der Waals surface area contributed by atoms with Gasteiger partial charge in [-0.1, -0.05) is 103 Å². The highest BCUT2D eigenvalue weighted by atomic mass is 16.6. The molecule has 214 valence electrons. The van der Waals surface area contributed by atoms with Crippen molar-refractivity contribution in [3.05, 3.63) is 59.8 Å². The van der Waals surface area contributed by atoms with Crippen molar-refractivity contribution in [2.75, 3.05) is 0 Å². The van der Waals surface area contributed by atoms with Crippen LogP contribution in [0.1, 0.15) is 93.9 Å². The predicted octanol–water partition coefficient (Wildman–Crippen LogP) is 8.31. The van der Waals surface area contributed by atoms with E-state index in [-0.39, 0.29) is 41.0 Å². The second kappa shape index (κ2) is 11.3. The molecule has 8 atom stereocenters. The van der Waals surface area contributed by atoms with Crippen molar-refractivity contribution in [3.63, 3.8) is 0 Å². The third kappa shape index (κ3) is 4.91. The number of hydrogen-bond donors (Lipinski definition) is 0. The number of allylic oxidation sites excluding steroid dienone is 6. The molecule has 0 aromatic heterocycles. The van der Waals surface area contributed by atoms with E-state index in [1.54, 1.807) is 0 Å². The van der Waals surface area contributed by atoms with Crippen LogP contribution >= 0.6 is 0 Å². The average Bonchev–Trinajstić information content (AvgIpc) is 3.37. The van der Waals surface area contributed by atoms with Crippen LogP contribution in [0.25, 0.3) is 0 Å². The van der Waals surface area contributed by atoms with E-state index in [2.05, 4.69) is 104 Å². The second-order valence-electron chi connectivity index (χ2n) is 12.7. The maximum atomic E-state index is 14.2. The number of carbonyl (C=O) groups excluding carboxylic acids is 2. The minimum Gasteiger partial charge on any atom is -0.454 e. The van der Waals surface area contributed by atoms with Gasteiger partial charge in [-0.15, -0.1) is 0 Å². The quantitative estimate of drug-likeness (QED) is 0.209. The van der Waals surface area contributed by atoms with E-state index in [1.807, 2.05) is 0 Å². The fraction of sp³-hybridized carbons (Fsp3) is 0.657. The maximum absolute atomic E-state index is 14.2. The van der Waals surface area contributed by atoms with Crippen LogP contribution in [-0.2, 0) is 19.1 Å². The molecule has 1 saturated carbocycles. The summed E-state index contributed by atoms with van der Waals surface area (Å²) in [5.74, 6) is -1.46. The molecule has 4 rings (SSSR count). The number of carbonyl (C=O) groups is 2. The van der Waals surface area contributed by atoms with Crippen molar-refractivity contribution in [3.8, 4) is 0 Å². The molecule has 4 nitrogen and oxygen atoms in total. The molecule has 0 heterocycles. The van der Waals surface area contributed by atoms with E-state index < -0.39 is 23.0 Å². The highest BCUT2D eigenvalue weighted by Gasteiger charge is 2.63. The van der Waals surface area contributed by atoms with Gasteiger partial charge in [-0.2, -0.15) is 0 Å². The first kappa shape index (κ1) is 29.6. The molecule has 4 aliphatic carbocycles. The third-order valence-electron chi connectivity index (χ3n) is 10.6. The van der Waals surface area contributed by atoms with E-state index in [4.69, 9.17) is 9.47 Å². The summed E-state index contributed by atoms with van der Waals surface area (Å²) in [5.41, 5.74) is 0.989. The van der Waals surface area contributed by atoms with Crippen molar-refractivity contribution in [1.82, 2.24) is 0 Å². The van der Waals surface area contributed by atoms with E-state index in [1.165, 1.54) is 11.1 Å². The first-order chi connectivity index (χ1) is 18.6. The highest BCUT2D eigenvalue weighted by Crippen LogP contribution is 2.61. The van der Waals surface area contributed by atoms with Crippen molar-refractivity contribution < 1.29 is 19.1 Å². The summed E-state index contributed by atoms with van der Waals surface area (Å²) in [5, 5.41) is 0. The number of ether oxygens (including phenoxy) is 2. The molecule has 0 aromatic rings. The Balaban J connectivity index is 1.64. The first-order valence-electron chi connectivity index (χ1n) is 15.5. The first-order valence-corrected chi connectivity index (χ1v) is 15.5. The Kier molecular flexibility index (Phi) is 8.55. The van der Waals surface area contributed by atoms with Crippen molar-refractivity contribution in [1.29, 1.82) is 0 Å². The smallest absolute Gasteiger partial charge is 0.311 e. The number of fused-ring (bicyclic) bond motifs is 2. The van der Waals surface area contributed by atoms with Gasteiger partial charge in [-0.05, 0) is 67.9 Å². The van der Waals surface area contributed by atoms with Gasteiger partial charge in [0.15, 0.2) is 0 Å². The van der Waals surface area contributed by atoms with Gasteiger partial charge in [0, 0.05) is 11.8 Å². The summed E-state index contributed by atoms with van der Waals surface area (Å²) in [6.07, 6.45) is 22.4. The molecular weight excluding hydrogens is 484 g/mol. The Morgan fingerprint density at radius 1 is 0.692 bits per heavy atom. The van der Waals surface area contributed by atoms with Gasteiger partial charge in [0.1, 0.15) is 11.2 Å². The molecule has 0 aliphatic heterocycles. The maximum Gasteiger partial charge on any atom is 0.311 e. The molecule has 0 radical (unpaired) electrons. The molecule has 1 fully saturated rings. The van der Waals surface area contributed by atoms with Crippen molar-refractivity contribution in [2.24, 2.45) is 40.9 Å². The molecule has 8 unspecified atom stereocenters. The lowest BCUT2D eigenvalue weighted by molar-refractivity contribution is -0.178. The lowest BCUT2D eigenvalue weighted by atomic mass is 9.76. The summed E-state index contributed by atoms with van der Waals surface area (Å²) >= 11 is 0. The van der Waals surface area contributed by atoms with Crippen LogP contribution < -0.4 is 0 Å². The Hall–Kier alpha value is -2.36. The lowest BCUT2D eigenvalue weighted by Gasteiger charge is -2.41. The summed E-state index contributed by atoms with van der Waals surface area (Å²) in [7, 11) is 0. The largest absolute Gasteiger partial charge is 0.454 e. The third-order valence-corrected chi connectivity index (χ3v) is 10.6. The summed E-state index contributed by atoms with van der Waals surface area (Å²) in [6, 6.07) is 0. The molecule has 0 N–H and O–H groups in total. The predicted molar refractivity (Wildman–Crippen MR) is 158 cm³/mol. The highest BCUT2D eigenvalue weighted by molar-refractivity contribution is 5.85. The normalized spacial score (nSPS) is 37.9. The van der Waals surface area contributed by atoms with Crippen LogP contribution in [0.3, 0.4) is 0 Å². The lowest BCUT2D eigenvalue weighted by Crippen LogP contribution is -2.47. The standard InChI is InChI=1S/C35H50O4/c1-9-23-17-19-34(13-5,25(11-3)21-23)38-31(36)29-27-15-16-28(33(27,7)8)30(29)32(37)39-35(14-6)20-18-24(10-2)22-26(35)12-4/h15-22,25-30H,9-14H2,1-8H3. The topological polar surface area (TPSA) is 52.6 Å². The van der Waals surface area contributed by atoms with Crippen LogP contribution in [-0.4, -0.2) is 23.1 Å². The minimum atomic E-state index is -0.681. The minimum absolute atomic E-state index is 0.0520.